The highest BCUT2D eigenvalue weighted by molar-refractivity contribution is 5.82. The van der Waals surface area contributed by atoms with E-state index in [1.165, 1.54) is 0 Å². The molecular weight excluding hydrogens is 264 g/mol. The van der Waals surface area contributed by atoms with Crippen LogP contribution in [-0.2, 0) is 20.7 Å². The first-order chi connectivity index (χ1) is 9.49. The minimum atomic E-state index is -1.02. The number of carboxylic acids is 1. The highest BCUT2D eigenvalue weighted by Gasteiger charge is 2.34. The molecule has 1 aliphatic heterocycles. The Morgan fingerprint density at radius 1 is 1.35 bits per heavy atom. The van der Waals surface area contributed by atoms with Crippen LogP contribution in [0, 0.1) is 13.8 Å². The van der Waals surface area contributed by atoms with Crippen LogP contribution in [0.3, 0.4) is 0 Å². The zero-order valence-corrected chi connectivity index (χ0v) is 11.5. The molecule has 0 saturated carbocycles. The van der Waals surface area contributed by atoms with Crippen LogP contribution < -0.4 is 5.32 Å². The van der Waals surface area contributed by atoms with E-state index in [2.05, 4.69) is 10.5 Å². The molecule has 7 heteroatoms. The lowest BCUT2D eigenvalue weighted by atomic mass is 10.1. The number of hydrogen-bond acceptors (Lipinski definition) is 5. The SMILES string of the molecule is Cc1noc(C)c1CCNC(=O)[C@@H]1CC[C@H](C(=O)O)O1. The highest BCUT2D eigenvalue weighted by Crippen LogP contribution is 2.20. The maximum absolute atomic E-state index is 11.8. The van der Waals surface area contributed by atoms with E-state index in [1.54, 1.807) is 0 Å². The molecule has 0 bridgehead atoms. The molecule has 1 aromatic rings. The molecule has 1 amide bonds. The third-order valence-corrected chi connectivity index (χ3v) is 3.44. The van der Waals surface area contributed by atoms with Gasteiger partial charge in [0.2, 0.25) is 5.91 Å². The third kappa shape index (κ3) is 3.16. The second-order valence-electron chi connectivity index (χ2n) is 4.87. The maximum atomic E-state index is 11.8. The van der Waals surface area contributed by atoms with Crippen LogP contribution in [-0.4, -0.2) is 40.9 Å². The molecule has 2 N–H and O–H groups in total. The normalized spacial score (nSPS) is 21.9. The fourth-order valence-electron chi connectivity index (χ4n) is 2.30. The number of rotatable bonds is 5. The lowest BCUT2D eigenvalue weighted by molar-refractivity contribution is -0.151. The van der Waals surface area contributed by atoms with Crippen molar-refractivity contribution >= 4 is 11.9 Å². The first kappa shape index (κ1) is 14.5. The lowest BCUT2D eigenvalue weighted by Gasteiger charge is -2.11. The highest BCUT2D eigenvalue weighted by atomic mass is 16.5. The summed E-state index contributed by atoms with van der Waals surface area (Å²) >= 11 is 0. The van der Waals surface area contributed by atoms with Crippen LogP contribution in [0.25, 0.3) is 0 Å². The van der Waals surface area contributed by atoms with E-state index in [0.717, 1.165) is 17.0 Å². The van der Waals surface area contributed by atoms with Gasteiger partial charge in [-0.25, -0.2) is 4.79 Å². The number of nitrogens with one attached hydrogen (secondary N) is 1. The van der Waals surface area contributed by atoms with Gasteiger partial charge in [-0.3, -0.25) is 4.79 Å². The number of hydrogen-bond donors (Lipinski definition) is 2. The van der Waals surface area contributed by atoms with Crippen molar-refractivity contribution < 1.29 is 24.0 Å². The fourth-order valence-corrected chi connectivity index (χ4v) is 2.30. The van der Waals surface area contributed by atoms with Gasteiger partial charge in [-0.05, 0) is 33.1 Å². The first-order valence-electron chi connectivity index (χ1n) is 6.56. The minimum absolute atomic E-state index is 0.263. The number of nitrogens with zero attached hydrogens (tertiary/aromatic N) is 1. The standard InChI is InChI=1S/C13H18N2O5/c1-7-9(8(2)20-15-7)5-6-14-12(16)10-3-4-11(19-10)13(17)18/h10-11H,3-6H2,1-2H3,(H,14,16)(H,17,18)/t10-,11+/m0/s1. The predicted octanol–water partition coefficient (Wildman–Crippen LogP) is 0.582. The van der Waals surface area contributed by atoms with Gasteiger partial charge in [0.1, 0.15) is 11.9 Å². The summed E-state index contributed by atoms with van der Waals surface area (Å²) in [4.78, 5) is 22.6. The largest absolute Gasteiger partial charge is 0.479 e. The quantitative estimate of drug-likeness (QED) is 0.819. The Labute approximate surface area is 116 Å². The Morgan fingerprint density at radius 3 is 2.60 bits per heavy atom. The fraction of sp³-hybridized carbons (Fsp3) is 0.615. The van der Waals surface area contributed by atoms with E-state index in [-0.39, 0.29) is 5.91 Å². The molecule has 20 heavy (non-hydrogen) atoms. The Balaban J connectivity index is 1.78. The van der Waals surface area contributed by atoms with Gasteiger partial charge < -0.3 is 19.7 Å². The van der Waals surface area contributed by atoms with Crippen molar-refractivity contribution in [3.8, 4) is 0 Å². The van der Waals surface area contributed by atoms with E-state index in [4.69, 9.17) is 14.4 Å². The van der Waals surface area contributed by atoms with Gasteiger partial charge in [0.15, 0.2) is 6.10 Å². The van der Waals surface area contributed by atoms with Crippen molar-refractivity contribution in [2.45, 2.75) is 45.3 Å². The Hall–Kier alpha value is -1.89. The van der Waals surface area contributed by atoms with Crippen LogP contribution in [0.15, 0.2) is 4.52 Å². The zero-order chi connectivity index (χ0) is 14.7. The van der Waals surface area contributed by atoms with Crippen molar-refractivity contribution in [2.75, 3.05) is 6.54 Å². The first-order valence-corrected chi connectivity index (χ1v) is 6.56. The molecule has 2 rings (SSSR count). The molecule has 0 radical (unpaired) electrons. The van der Waals surface area contributed by atoms with Gasteiger partial charge in [-0.15, -0.1) is 0 Å². The van der Waals surface area contributed by atoms with Crippen LogP contribution in [0.5, 0.6) is 0 Å². The van der Waals surface area contributed by atoms with Crippen molar-refractivity contribution in [3.63, 3.8) is 0 Å². The number of carbonyl (C=O) groups excluding carboxylic acids is 1. The summed E-state index contributed by atoms with van der Waals surface area (Å²) in [5.41, 5.74) is 1.81. The van der Waals surface area contributed by atoms with E-state index in [0.29, 0.717) is 25.8 Å². The Morgan fingerprint density at radius 2 is 2.05 bits per heavy atom. The second kappa shape index (κ2) is 6.04. The van der Waals surface area contributed by atoms with E-state index < -0.39 is 18.2 Å². The van der Waals surface area contributed by atoms with E-state index >= 15 is 0 Å². The van der Waals surface area contributed by atoms with Crippen molar-refractivity contribution in [2.24, 2.45) is 0 Å². The molecule has 0 spiro atoms. The number of aromatic nitrogens is 1. The maximum Gasteiger partial charge on any atom is 0.332 e. The van der Waals surface area contributed by atoms with Gasteiger partial charge in [-0.2, -0.15) is 0 Å². The van der Waals surface area contributed by atoms with Crippen molar-refractivity contribution in [1.29, 1.82) is 0 Å². The summed E-state index contributed by atoms with van der Waals surface area (Å²) in [7, 11) is 0. The molecule has 1 fully saturated rings. The van der Waals surface area contributed by atoms with Crippen LogP contribution >= 0.6 is 0 Å². The van der Waals surface area contributed by atoms with Gasteiger partial charge in [-0.1, -0.05) is 5.16 Å². The number of ether oxygens (including phenoxy) is 1. The molecule has 0 aliphatic carbocycles. The summed E-state index contributed by atoms with van der Waals surface area (Å²) in [5.74, 6) is -0.531. The van der Waals surface area contributed by atoms with Crippen molar-refractivity contribution in [3.05, 3.63) is 17.0 Å². The number of carboxylic acid groups (broad SMARTS) is 1. The van der Waals surface area contributed by atoms with E-state index in [1.807, 2.05) is 13.8 Å². The Bertz CT molecular complexity index is 491. The molecule has 0 unspecified atom stereocenters. The monoisotopic (exact) mass is 282 g/mol. The number of aliphatic carboxylic acids is 1. The van der Waals surface area contributed by atoms with Crippen LogP contribution in [0.4, 0.5) is 0 Å². The second-order valence-corrected chi connectivity index (χ2v) is 4.87. The molecular formula is C13H18N2O5. The average Bonchev–Trinajstić information content (AvgIpc) is 3.00. The minimum Gasteiger partial charge on any atom is -0.479 e. The van der Waals surface area contributed by atoms with Gasteiger partial charge >= 0.3 is 5.97 Å². The molecule has 1 aliphatic rings. The van der Waals surface area contributed by atoms with Crippen LogP contribution in [0.2, 0.25) is 0 Å². The van der Waals surface area contributed by atoms with Gasteiger partial charge in [0.25, 0.3) is 0 Å². The Kier molecular flexibility index (Phi) is 4.39. The number of amides is 1. The summed E-state index contributed by atoms with van der Waals surface area (Å²) < 4.78 is 10.2. The zero-order valence-electron chi connectivity index (χ0n) is 11.5. The summed E-state index contributed by atoms with van der Waals surface area (Å²) in [5, 5.41) is 15.4. The third-order valence-electron chi connectivity index (χ3n) is 3.44. The van der Waals surface area contributed by atoms with Gasteiger partial charge in [0, 0.05) is 12.1 Å². The number of aryl methyl sites for hydroxylation is 2. The molecule has 7 nitrogen and oxygen atoms in total. The molecule has 110 valence electrons. The lowest BCUT2D eigenvalue weighted by Crippen LogP contribution is -2.36. The molecule has 0 aromatic carbocycles. The predicted molar refractivity (Wildman–Crippen MR) is 68.2 cm³/mol. The van der Waals surface area contributed by atoms with Crippen LogP contribution in [0.1, 0.15) is 29.9 Å². The van der Waals surface area contributed by atoms with Crippen molar-refractivity contribution in [1.82, 2.24) is 10.5 Å². The summed E-state index contributed by atoms with van der Waals surface area (Å²) in [6.07, 6.45) is -0.0954. The molecule has 1 aromatic heterocycles. The van der Waals surface area contributed by atoms with Gasteiger partial charge in [0.05, 0.1) is 5.69 Å². The van der Waals surface area contributed by atoms with E-state index in [9.17, 15) is 9.59 Å². The molecule has 1 saturated heterocycles. The smallest absolute Gasteiger partial charge is 0.332 e. The molecule has 2 heterocycles. The summed E-state index contributed by atoms with van der Waals surface area (Å²) in [6, 6.07) is 0. The molecule has 2 atom stereocenters. The summed E-state index contributed by atoms with van der Waals surface area (Å²) in [6.45, 7) is 4.12. The topological polar surface area (TPSA) is 102 Å². The average molecular weight is 282 g/mol. The number of carbonyl (C=O) groups is 2.